The number of amides is 1. The Balaban J connectivity index is 1.71. The van der Waals surface area contributed by atoms with E-state index in [0.29, 0.717) is 4.80 Å². The van der Waals surface area contributed by atoms with Crippen LogP contribution in [0.1, 0.15) is 5.56 Å². The number of carbonyl (C=O) groups is 1. The van der Waals surface area contributed by atoms with E-state index in [4.69, 9.17) is 0 Å². The Kier molecular flexibility index (Phi) is 6.17. The molecule has 150 valence electrons. The first-order chi connectivity index (χ1) is 15.3. The molecule has 0 aliphatic carbocycles. The van der Waals surface area contributed by atoms with Crippen LogP contribution in [0.15, 0.2) is 107 Å². The average molecular weight is 423 g/mol. The van der Waals surface area contributed by atoms with Crippen LogP contribution in [0.5, 0.6) is 0 Å². The molecule has 4 rings (SSSR count). The first kappa shape index (κ1) is 20.1. The van der Waals surface area contributed by atoms with Crippen LogP contribution in [0.3, 0.4) is 0 Å². The molecule has 1 heterocycles. The van der Waals surface area contributed by atoms with Gasteiger partial charge >= 0.3 is 0 Å². The van der Waals surface area contributed by atoms with E-state index in [1.807, 2.05) is 107 Å². The number of thiazole rings is 1. The Morgan fingerprint density at radius 2 is 1.55 bits per heavy atom. The third-order valence-corrected chi connectivity index (χ3v) is 5.35. The Morgan fingerprint density at radius 1 is 0.935 bits per heavy atom. The van der Waals surface area contributed by atoms with Crippen LogP contribution in [0.25, 0.3) is 23.0 Å². The Bertz CT molecular complexity index is 1310. The van der Waals surface area contributed by atoms with Gasteiger partial charge in [0.15, 0.2) is 0 Å². The normalized spacial score (nSPS) is 11.7. The van der Waals surface area contributed by atoms with Crippen molar-refractivity contribution in [1.29, 1.82) is 5.26 Å². The van der Waals surface area contributed by atoms with Crippen LogP contribution in [-0.2, 0) is 4.79 Å². The number of hydrogen-bond acceptors (Lipinski definition) is 4. The molecule has 31 heavy (non-hydrogen) atoms. The molecule has 0 saturated heterocycles. The molecule has 1 N–H and O–H groups in total. The second kappa shape index (κ2) is 9.53. The molecule has 0 aliphatic rings. The number of hydrogen-bond donors (Lipinski definition) is 1. The van der Waals surface area contributed by atoms with Gasteiger partial charge < -0.3 is 0 Å². The largest absolute Gasteiger partial charge is 0.284 e. The first-order valence-electron chi connectivity index (χ1n) is 9.58. The number of benzene rings is 3. The second-order valence-electron chi connectivity index (χ2n) is 6.57. The van der Waals surface area contributed by atoms with E-state index in [2.05, 4.69) is 10.5 Å². The van der Waals surface area contributed by atoms with Gasteiger partial charge in [-0.2, -0.15) is 5.26 Å². The molecule has 0 saturated carbocycles. The van der Waals surface area contributed by atoms with Crippen LogP contribution in [0.4, 0.5) is 0 Å². The third kappa shape index (κ3) is 4.69. The van der Waals surface area contributed by atoms with Gasteiger partial charge in [0, 0.05) is 11.1 Å². The summed E-state index contributed by atoms with van der Waals surface area (Å²) in [5.74, 6) is -0.555. The molecule has 1 aromatic heterocycles. The lowest BCUT2D eigenvalue weighted by Crippen LogP contribution is -2.25. The van der Waals surface area contributed by atoms with Crippen LogP contribution < -0.4 is 10.2 Å². The summed E-state index contributed by atoms with van der Waals surface area (Å²) >= 11 is 1.41. The van der Waals surface area contributed by atoms with Gasteiger partial charge in [-0.25, -0.2) is 5.43 Å². The van der Waals surface area contributed by atoms with Gasteiger partial charge in [0.05, 0.1) is 5.69 Å². The van der Waals surface area contributed by atoms with Crippen LogP contribution in [0, 0.1) is 11.3 Å². The zero-order valence-corrected chi connectivity index (χ0v) is 17.3. The van der Waals surface area contributed by atoms with E-state index >= 15 is 0 Å². The Morgan fingerprint density at radius 3 is 2.19 bits per heavy atom. The maximum absolute atomic E-state index is 12.6. The van der Waals surface area contributed by atoms with Crippen molar-refractivity contribution in [2.45, 2.75) is 0 Å². The number of nitriles is 1. The minimum atomic E-state index is -0.555. The summed E-state index contributed by atoms with van der Waals surface area (Å²) in [7, 11) is 0. The smallest absolute Gasteiger partial charge is 0.282 e. The molecule has 0 radical (unpaired) electrons. The zero-order chi connectivity index (χ0) is 21.5. The lowest BCUT2D eigenvalue weighted by molar-refractivity contribution is -0.117. The molecule has 0 atom stereocenters. The highest BCUT2D eigenvalue weighted by Crippen LogP contribution is 2.23. The van der Waals surface area contributed by atoms with Crippen molar-refractivity contribution >= 4 is 23.3 Å². The average Bonchev–Trinajstić information content (AvgIpc) is 3.27. The van der Waals surface area contributed by atoms with Crippen LogP contribution in [-0.4, -0.2) is 10.5 Å². The molecule has 0 aliphatic heterocycles. The quantitative estimate of drug-likeness (QED) is 0.287. The predicted octanol–water partition coefficient (Wildman–Crippen LogP) is 4.74. The minimum Gasteiger partial charge on any atom is -0.284 e. The van der Waals surface area contributed by atoms with Crippen molar-refractivity contribution in [2.24, 2.45) is 5.10 Å². The van der Waals surface area contributed by atoms with Crippen molar-refractivity contribution < 1.29 is 4.79 Å². The summed E-state index contributed by atoms with van der Waals surface area (Å²) in [5.41, 5.74) is 6.22. The fourth-order valence-corrected chi connectivity index (χ4v) is 3.92. The topological polar surface area (TPSA) is 70.2 Å². The van der Waals surface area contributed by atoms with E-state index in [1.165, 1.54) is 11.3 Å². The summed E-state index contributed by atoms with van der Waals surface area (Å²) in [6.45, 7) is 0. The maximum Gasteiger partial charge on any atom is 0.282 e. The number of para-hydroxylation sites is 1. The van der Waals surface area contributed by atoms with Crippen molar-refractivity contribution in [3.63, 3.8) is 0 Å². The molecule has 0 fully saturated rings. The fraction of sp³-hybridized carbons (Fsp3) is 0. The number of nitrogens with zero attached hydrogens (tertiary/aromatic N) is 3. The molecule has 0 bridgehead atoms. The highest BCUT2D eigenvalue weighted by molar-refractivity contribution is 7.07. The highest BCUT2D eigenvalue weighted by Gasteiger charge is 2.12. The van der Waals surface area contributed by atoms with Crippen molar-refractivity contribution in [2.75, 3.05) is 0 Å². The van der Waals surface area contributed by atoms with E-state index in [9.17, 15) is 10.1 Å². The number of nitrogens with one attached hydrogen (secondary N) is 1. The summed E-state index contributed by atoms with van der Waals surface area (Å²) in [5, 5.41) is 15.7. The van der Waals surface area contributed by atoms with Gasteiger partial charge in [-0.3, -0.25) is 9.36 Å². The van der Waals surface area contributed by atoms with Gasteiger partial charge in [-0.1, -0.05) is 78.9 Å². The predicted molar refractivity (Wildman–Crippen MR) is 123 cm³/mol. The lowest BCUT2D eigenvalue weighted by atomic mass is 10.1. The minimum absolute atomic E-state index is 0.0129. The molecular weight excluding hydrogens is 404 g/mol. The molecule has 4 aromatic rings. The monoisotopic (exact) mass is 422 g/mol. The van der Waals surface area contributed by atoms with Gasteiger partial charge in [0.2, 0.25) is 4.80 Å². The lowest BCUT2D eigenvalue weighted by Gasteiger charge is -2.09. The fourth-order valence-electron chi connectivity index (χ4n) is 3.05. The Hall–Kier alpha value is -4.21. The van der Waals surface area contributed by atoms with Crippen molar-refractivity contribution in [3.8, 4) is 23.0 Å². The third-order valence-electron chi connectivity index (χ3n) is 4.52. The van der Waals surface area contributed by atoms with E-state index in [0.717, 1.165) is 22.5 Å². The molecule has 5 nitrogen and oxygen atoms in total. The molecule has 1 amide bonds. The molecule has 0 spiro atoms. The standard InChI is InChI=1S/C25H18N4OS/c26-17-21(16-19-10-4-1-5-11-19)24(30)27-28-25-29(22-14-8-3-9-15-22)23(18-31-25)20-12-6-2-7-13-20/h1-16,18H,(H,27,30)/b21-16+,28-25+. The SMILES string of the molecule is N#C/C(=C\c1ccccc1)C(=O)N/N=c1/scc(-c2ccccc2)n1-c1ccccc1. The van der Waals surface area contributed by atoms with Crippen molar-refractivity contribution in [3.05, 3.63) is 112 Å². The zero-order valence-electron chi connectivity index (χ0n) is 16.5. The summed E-state index contributed by atoms with van der Waals surface area (Å²) in [4.78, 5) is 13.2. The number of carbonyl (C=O) groups excluding carboxylic acids is 1. The van der Waals surface area contributed by atoms with E-state index < -0.39 is 5.91 Å². The number of aromatic nitrogens is 1. The highest BCUT2D eigenvalue weighted by atomic mass is 32.1. The van der Waals surface area contributed by atoms with Gasteiger partial charge in [-0.05, 0) is 29.3 Å². The molecule has 3 aromatic carbocycles. The first-order valence-corrected chi connectivity index (χ1v) is 10.5. The maximum atomic E-state index is 12.6. The van der Waals surface area contributed by atoms with Crippen LogP contribution in [0.2, 0.25) is 0 Å². The van der Waals surface area contributed by atoms with Gasteiger partial charge in [-0.15, -0.1) is 16.4 Å². The second-order valence-corrected chi connectivity index (χ2v) is 7.41. The molecule has 6 heteroatoms. The van der Waals surface area contributed by atoms with E-state index in [-0.39, 0.29) is 5.57 Å². The molecular formula is C25H18N4OS. The Labute approximate surface area is 183 Å². The summed E-state index contributed by atoms with van der Waals surface area (Å²) < 4.78 is 1.98. The molecule has 0 unspecified atom stereocenters. The van der Waals surface area contributed by atoms with Crippen LogP contribution >= 0.6 is 11.3 Å². The van der Waals surface area contributed by atoms with Gasteiger partial charge in [0.1, 0.15) is 11.6 Å². The van der Waals surface area contributed by atoms with E-state index in [1.54, 1.807) is 6.08 Å². The van der Waals surface area contributed by atoms with Gasteiger partial charge in [0.25, 0.3) is 5.91 Å². The summed E-state index contributed by atoms with van der Waals surface area (Å²) in [6, 6.07) is 31.0. The summed E-state index contributed by atoms with van der Waals surface area (Å²) in [6.07, 6.45) is 1.54. The number of rotatable bonds is 5. The van der Waals surface area contributed by atoms with Crippen molar-refractivity contribution in [1.82, 2.24) is 9.99 Å².